The van der Waals surface area contributed by atoms with Crippen molar-refractivity contribution in [3.63, 3.8) is 0 Å². The molecule has 0 aliphatic carbocycles. The van der Waals surface area contributed by atoms with E-state index >= 15 is 0 Å². The molecule has 0 spiro atoms. The van der Waals surface area contributed by atoms with Crippen LogP contribution in [0.5, 0.6) is 5.75 Å². The summed E-state index contributed by atoms with van der Waals surface area (Å²) in [7, 11) is 0. The third kappa shape index (κ3) is 5.23. The normalized spacial score (nSPS) is 10.4. The third-order valence-electron chi connectivity index (χ3n) is 2.47. The van der Waals surface area contributed by atoms with Crippen LogP contribution in [0, 0.1) is 0 Å². The second-order valence-corrected chi connectivity index (χ2v) is 5.34. The number of hydrogen-bond donors (Lipinski definition) is 0. The first-order valence-electron chi connectivity index (χ1n) is 5.94. The lowest BCUT2D eigenvalue weighted by Crippen LogP contribution is -2.06. The van der Waals surface area contributed by atoms with Crippen molar-refractivity contribution in [2.75, 3.05) is 13.2 Å². The first-order chi connectivity index (χ1) is 9.24. The molecule has 100 valence electrons. The molecule has 0 saturated carbocycles. The fraction of sp³-hybridized carbons (Fsp3) is 0.200. The highest BCUT2D eigenvalue weighted by Crippen LogP contribution is 2.17. The number of rotatable bonds is 6. The predicted molar refractivity (Wildman–Crippen MR) is 80.7 cm³/mol. The molecule has 0 atom stereocenters. The molecule has 0 amide bonds. The van der Waals surface area contributed by atoms with Gasteiger partial charge in [-0.1, -0.05) is 45.7 Å². The number of ether oxygens (including phenoxy) is 2. The zero-order valence-corrected chi connectivity index (χ0v) is 12.7. The van der Waals surface area contributed by atoms with Gasteiger partial charge in [-0.05, 0) is 35.9 Å². The minimum atomic E-state index is 0.532. The maximum atomic E-state index is 5.81. The van der Waals surface area contributed by atoms with Crippen LogP contribution in [0.4, 0.5) is 0 Å². The lowest BCUT2D eigenvalue weighted by atomic mass is 10.2. The molecule has 0 N–H and O–H groups in total. The minimum absolute atomic E-state index is 0.532. The van der Waals surface area contributed by atoms with Gasteiger partial charge >= 0.3 is 0 Å². The Morgan fingerprint density at radius 2 is 1.79 bits per heavy atom. The largest absolute Gasteiger partial charge is 0.491 e. The van der Waals surface area contributed by atoms with Gasteiger partial charge in [0.1, 0.15) is 12.4 Å². The summed E-state index contributed by atoms with van der Waals surface area (Å²) in [5, 5.41) is 0.738. The van der Waals surface area contributed by atoms with Crippen LogP contribution in [0.25, 0.3) is 0 Å². The fourth-order valence-electron chi connectivity index (χ4n) is 1.55. The van der Waals surface area contributed by atoms with Crippen LogP contribution in [0.2, 0.25) is 5.02 Å². The second kappa shape index (κ2) is 7.53. The Balaban J connectivity index is 1.66. The summed E-state index contributed by atoms with van der Waals surface area (Å²) in [4.78, 5) is 0. The van der Waals surface area contributed by atoms with Gasteiger partial charge in [-0.15, -0.1) is 0 Å². The molecule has 0 saturated heterocycles. The highest BCUT2D eigenvalue weighted by Gasteiger charge is 1.96. The van der Waals surface area contributed by atoms with Crippen LogP contribution >= 0.6 is 27.5 Å². The van der Waals surface area contributed by atoms with E-state index in [-0.39, 0.29) is 0 Å². The van der Waals surface area contributed by atoms with Crippen LogP contribution < -0.4 is 4.74 Å². The van der Waals surface area contributed by atoms with E-state index < -0.39 is 0 Å². The van der Waals surface area contributed by atoms with Crippen LogP contribution in [0.3, 0.4) is 0 Å². The van der Waals surface area contributed by atoms with Gasteiger partial charge in [0.05, 0.1) is 13.2 Å². The van der Waals surface area contributed by atoms with E-state index in [9.17, 15) is 0 Å². The SMILES string of the molecule is Clc1ccc(COCCOc2cccc(Br)c2)cc1. The van der Waals surface area contributed by atoms with E-state index in [1.54, 1.807) is 0 Å². The Bertz CT molecular complexity index is 514. The number of benzene rings is 2. The average Bonchev–Trinajstić information content (AvgIpc) is 2.41. The van der Waals surface area contributed by atoms with Crippen LogP contribution in [-0.4, -0.2) is 13.2 Å². The summed E-state index contributed by atoms with van der Waals surface area (Å²) < 4.78 is 12.1. The molecule has 0 heterocycles. The van der Waals surface area contributed by atoms with Gasteiger partial charge in [-0.25, -0.2) is 0 Å². The summed E-state index contributed by atoms with van der Waals surface area (Å²) in [5.41, 5.74) is 1.10. The molecule has 2 aromatic rings. The summed E-state index contributed by atoms with van der Waals surface area (Å²) >= 11 is 9.21. The first kappa shape index (κ1) is 14.4. The predicted octanol–water partition coefficient (Wildman–Crippen LogP) is 4.70. The van der Waals surface area contributed by atoms with Crippen molar-refractivity contribution in [2.45, 2.75) is 6.61 Å². The number of halogens is 2. The molecule has 19 heavy (non-hydrogen) atoms. The van der Waals surface area contributed by atoms with Crippen molar-refractivity contribution in [1.29, 1.82) is 0 Å². The molecule has 0 unspecified atom stereocenters. The summed E-state index contributed by atoms with van der Waals surface area (Å²) in [6, 6.07) is 15.4. The fourth-order valence-corrected chi connectivity index (χ4v) is 2.05. The maximum Gasteiger partial charge on any atom is 0.120 e. The molecule has 0 aliphatic heterocycles. The summed E-state index contributed by atoms with van der Waals surface area (Å²) in [6.45, 7) is 1.65. The van der Waals surface area contributed by atoms with Gasteiger partial charge < -0.3 is 9.47 Å². The van der Waals surface area contributed by atoms with E-state index in [1.165, 1.54) is 0 Å². The zero-order chi connectivity index (χ0) is 13.5. The molecular formula is C15H14BrClO2. The van der Waals surface area contributed by atoms with Crippen molar-refractivity contribution >= 4 is 27.5 Å². The molecule has 4 heteroatoms. The molecule has 2 rings (SSSR count). The molecule has 2 aromatic carbocycles. The molecule has 0 aromatic heterocycles. The average molecular weight is 342 g/mol. The smallest absolute Gasteiger partial charge is 0.120 e. The van der Waals surface area contributed by atoms with Gasteiger partial charge in [-0.3, -0.25) is 0 Å². The molecule has 0 radical (unpaired) electrons. The Morgan fingerprint density at radius 3 is 2.53 bits per heavy atom. The van der Waals surface area contributed by atoms with Gasteiger partial charge in [0.2, 0.25) is 0 Å². The van der Waals surface area contributed by atoms with Gasteiger partial charge in [-0.2, -0.15) is 0 Å². The van der Waals surface area contributed by atoms with E-state index in [0.717, 1.165) is 20.8 Å². The summed E-state index contributed by atoms with van der Waals surface area (Å²) in [5.74, 6) is 0.837. The Kier molecular flexibility index (Phi) is 5.70. The van der Waals surface area contributed by atoms with Crippen LogP contribution in [-0.2, 0) is 11.3 Å². The lowest BCUT2D eigenvalue weighted by molar-refractivity contribution is 0.0889. The number of hydrogen-bond acceptors (Lipinski definition) is 2. The second-order valence-electron chi connectivity index (χ2n) is 3.98. The Labute approximate surface area is 126 Å². The van der Waals surface area contributed by atoms with Crippen molar-refractivity contribution in [1.82, 2.24) is 0 Å². The van der Waals surface area contributed by atoms with Crippen molar-refractivity contribution < 1.29 is 9.47 Å². The molecular weight excluding hydrogens is 328 g/mol. The van der Waals surface area contributed by atoms with E-state index in [2.05, 4.69) is 15.9 Å². The van der Waals surface area contributed by atoms with Crippen molar-refractivity contribution in [3.8, 4) is 5.75 Å². The quantitative estimate of drug-likeness (QED) is 0.709. The monoisotopic (exact) mass is 340 g/mol. The highest BCUT2D eigenvalue weighted by atomic mass is 79.9. The Hall–Kier alpha value is -1.03. The van der Waals surface area contributed by atoms with Crippen LogP contribution in [0.1, 0.15) is 5.56 Å². The van der Waals surface area contributed by atoms with E-state index in [4.69, 9.17) is 21.1 Å². The van der Waals surface area contributed by atoms with Crippen molar-refractivity contribution in [2.24, 2.45) is 0 Å². The van der Waals surface area contributed by atoms with Gasteiger partial charge in [0, 0.05) is 9.50 Å². The highest BCUT2D eigenvalue weighted by molar-refractivity contribution is 9.10. The first-order valence-corrected chi connectivity index (χ1v) is 7.12. The van der Waals surface area contributed by atoms with E-state index in [1.807, 2.05) is 48.5 Å². The van der Waals surface area contributed by atoms with Gasteiger partial charge in [0.25, 0.3) is 0 Å². The van der Waals surface area contributed by atoms with E-state index in [0.29, 0.717) is 19.8 Å². The molecule has 0 bridgehead atoms. The standard InChI is InChI=1S/C15H14BrClO2/c16-13-2-1-3-15(10-13)19-9-8-18-11-12-4-6-14(17)7-5-12/h1-7,10H,8-9,11H2. The zero-order valence-electron chi connectivity index (χ0n) is 10.3. The van der Waals surface area contributed by atoms with Crippen molar-refractivity contribution in [3.05, 3.63) is 63.6 Å². The van der Waals surface area contributed by atoms with Crippen LogP contribution in [0.15, 0.2) is 53.0 Å². The summed E-state index contributed by atoms with van der Waals surface area (Å²) in [6.07, 6.45) is 0. The van der Waals surface area contributed by atoms with Gasteiger partial charge in [0.15, 0.2) is 0 Å². The Morgan fingerprint density at radius 1 is 1.00 bits per heavy atom. The lowest BCUT2D eigenvalue weighted by Gasteiger charge is -2.07. The molecule has 0 fully saturated rings. The topological polar surface area (TPSA) is 18.5 Å². The molecule has 0 aliphatic rings. The minimum Gasteiger partial charge on any atom is -0.491 e. The molecule has 2 nitrogen and oxygen atoms in total. The maximum absolute atomic E-state index is 5.81. The third-order valence-corrected chi connectivity index (χ3v) is 3.22.